The molecule has 0 saturated heterocycles. The Morgan fingerprint density at radius 2 is 1.94 bits per heavy atom. The van der Waals surface area contributed by atoms with Gasteiger partial charge in [0, 0.05) is 21.9 Å². The van der Waals surface area contributed by atoms with Crippen molar-refractivity contribution in [3.63, 3.8) is 0 Å². The van der Waals surface area contributed by atoms with Crippen LogP contribution >= 0.6 is 31.9 Å². The molecule has 2 nitrogen and oxygen atoms in total. The molecule has 0 aliphatic carbocycles. The summed E-state index contributed by atoms with van der Waals surface area (Å²) in [5.74, 6) is -0.392. The highest BCUT2D eigenvalue weighted by atomic mass is 79.9. The molecule has 0 aromatic heterocycles. The Labute approximate surface area is 119 Å². The van der Waals surface area contributed by atoms with E-state index in [-0.39, 0.29) is 13.0 Å². The third-order valence-corrected chi connectivity index (χ3v) is 3.25. The summed E-state index contributed by atoms with van der Waals surface area (Å²) in [6, 6.07) is 4.98. The average Bonchev–Trinajstić information content (AvgIpc) is 2.22. The van der Waals surface area contributed by atoms with Crippen LogP contribution in [0.5, 0.6) is 0 Å². The molecule has 0 spiro atoms. The fraction of sp³-hybridized carbons (Fsp3) is 0.364. The summed E-state index contributed by atoms with van der Waals surface area (Å²) in [5.41, 5.74) is 0.394. The van der Waals surface area contributed by atoms with Gasteiger partial charge in [0.1, 0.15) is 0 Å². The van der Waals surface area contributed by atoms with Crippen molar-refractivity contribution in [3.05, 3.63) is 32.7 Å². The fourth-order valence-electron chi connectivity index (χ4n) is 1.26. The molecule has 1 amide bonds. The lowest BCUT2D eigenvalue weighted by Gasteiger charge is -2.08. The minimum atomic E-state index is -4.18. The summed E-state index contributed by atoms with van der Waals surface area (Å²) in [4.78, 5) is 11.7. The Morgan fingerprint density at radius 3 is 2.50 bits per heavy atom. The van der Waals surface area contributed by atoms with E-state index in [9.17, 15) is 18.0 Å². The Morgan fingerprint density at radius 1 is 1.28 bits per heavy atom. The zero-order chi connectivity index (χ0) is 13.8. The average molecular weight is 389 g/mol. The van der Waals surface area contributed by atoms with Gasteiger partial charge < -0.3 is 5.32 Å². The molecule has 0 fully saturated rings. The molecule has 0 bridgehead atoms. The smallest absolute Gasteiger partial charge is 0.352 e. The van der Waals surface area contributed by atoms with Crippen molar-refractivity contribution in [2.75, 3.05) is 6.54 Å². The van der Waals surface area contributed by atoms with E-state index in [0.717, 1.165) is 4.47 Å². The van der Waals surface area contributed by atoms with Crippen molar-refractivity contribution in [2.24, 2.45) is 0 Å². The van der Waals surface area contributed by atoms with E-state index in [1.165, 1.54) is 0 Å². The van der Waals surface area contributed by atoms with Crippen molar-refractivity contribution in [1.82, 2.24) is 5.32 Å². The second-order valence-electron chi connectivity index (χ2n) is 3.60. The molecule has 1 aromatic rings. The van der Waals surface area contributed by atoms with E-state index in [2.05, 4.69) is 37.2 Å². The first-order valence-corrected chi connectivity index (χ1v) is 6.68. The van der Waals surface area contributed by atoms with Gasteiger partial charge in [-0.25, -0.2) is 0 Å². The summed E-state index contributed by atoms with van der Waals surface area (Å²) < 4.78 is 37.1. The molecule has 0 atom stereocenters. The zero-order valence-electron chi connectivity index (χ0n) is 9.15. The second-order valence-corrected chi connectivity index (χ2v) is 5.37. The third kappa shape index (κ3) is 5.39. The lowest BCUT2D eigenvalue weighted by Crippen LogP contribution is -2.25. The van der Waals surface area contributed by atoms with Crippen LogP contribution in [0.15, 0.2) is 27.1 Å². The number of carbonyl (C=O) groups is 1. The number of halogens is 5. The van der Waals surface area contributed by atoms with Gasteiger partial charge in [-0.05, 0) is 40.5 Å². The Hall–Kier alpha value is -0.560. The van der Waals surface area contributed by atoms with Crippen LogP contribution in [0.2, 0.25) is 0 Å². The van der Waals surface area contributed by atoms with Crippen LogP contribution < -0.4 is 5.32 Å². The van der Waals surface area contributed by atoms with Crippen LogP contribution in [0.25, 0.3) is 0 Å². The fourth-order valence-corrected chi connectivity index (χ4v) is 2.49. The van der Waals surface area contributed by atoms with E-state index in [0.29, 0.717) is 10.0 Å². The summed E-state index contributed by atoms with van der Waals surface area (Å²) in [7, 11) is 0. The first-order chi connectivity index (χ1) is 8.29. The van der Waals surface area contributed by atoms with Crippen molar-refractivity contribution in [2.45, 2.75) is 19.0 Å². The molecule has 18 heavy (non-hydrogen) atoms. The van der Waals surface area contributed by atoms with Gasteiger partial charge >= 0.3 is 6.18 Å². The molecule has 0 heterocycles. The number of alkyl halides is 3. The molecule has 0 unspecified atom stereocenters. The van der Waals surface area contributed by atoms with Gasteiger partial charge in [-0.15, -0.1) is 0 Å². The molecule has 1 aromatic carbocycles. The lowest BCUT2D eigenvalue weighted by atomic mass is 10.2. The van der Waals surface area contributed by atoms with Crippen LogP contribution in [-0.4, -0.2) is 18.6 Å². The summed E-state index contributed by atoms with van der Waals surface area (Å²) in [6.07, 6.45) is -5.19. The van der Waals surface area contributed by atoms with Gasteiger partial charge in [0.05, 0.1) is 5.56 Å². The SMILES string of the molecule is O=C(NCCCC(F)(F)F)c1ccc(Br)cc1Br. The quantitative estimate of drug-likeness (QED) is 0.766. The van der Waals surface area contributed by atoms with E-state index < -0.39 is 18.5 Å². The molecule has 1 rings (SSSR count). The number of rotatable bonds is 4. The number of hydrogen-bond acceptors (Lipinski definition) is 1. The summed E-state index contributed by atoms with van der Waals surface area (Å²) >= 11 is 6.46. The number of carbonyl (C=O) groups excluding carboxylic acids is 1. The van der Waals surface area contributed by atoms with Gasteiger partial charge in [0.2, 0.25) is 0 Å². The van der Waals surface area contributed by atoms with Crippen LogP contribution in [0.4, 0.5) is 13.2 Å². The summed E-state index contributed by atoms with van der Waals surface area (Å²) in [5, 5.41) is 2.45. The molecule has 0 aliphatic rings. The van der Waals surface area contributed by atoms with Gasteiger partial charge in [0.25, 0.3) is 5.91 Å². The molecular weight excluding hydrogens is 379 g/mol. The maximum atomic E-state index is 11.9. The number of nitrogens with one attached hydrogen (secondary N) is 1. The molecule has 7 heteroatoms. The first kappa shape index (κ1) is 15.5. The van der Waals surface area contributed by atoms with Crippen LogP contribution in [0, 0.1) is 0 Å². The molecule has 0 saturated carbocycles. The third-order valence-electron chi connectivity index (χ3n) is 2.10. The lowest BCUT2D eigenvalue weighted by molar-refractivity contribution is -0.135. The van der Waals surface area contributed by atoms with E-state index in [1.807, 2.05) is 0 Å². The van der Waals surface area contributed by atoms with Gasteiger partial charge in [-0.2, -0.15) is 13.2 Å². The Balaban J connectivity index is 2.46. The van der Waals surface area contributed by atoms with Crippen LogP contribution in [0.1, 0.15) is 23.2 Å². The van der Waals surface area contributed by atoms with Crippen LogP contribution in [0.3, 0.4) is 0 Å². The minimum absolute atomic E-state index is 0.000841. The van der Waals surface area contributed by atoms with Gasteiger partial charge in [0.15, 0.2) is 0 Å². The molecule has 100 valence electrons. The van der Waals surface area contributed by atoms with E-state index >= 15 is 0 Å². The van der Waals surface area contributed by atoms with E-state index in [4.69, 9.17) is 0 Å². The topological polar surface area (TPSA) is 29.1 Å². The second kappa shape index (κ2) is 6.56. The normalized spacial score (nSPS) is 11.4. The predicted octanol–water partition coefficient (Wildman–Crippen LogP) is 4.28. The maximum absolute atomic E-state index is 11.9. The van der Waals surface area contributed by atoms with Crippen molar-refractivity contribution >= 4 is 37.8 Å². The standard InChI is InChI=1S/C11H10Br2F3NO/c12-7-2-3-8(9(13)6-7)10(18)17-5-1-4-11(14,15)16/h2-3,6H,1,4-5H2,(H,17,18). The number of hydrogen-bond donors (Lipinski definition) is 1. The minimum Gasteiger partial charge on any atom is -0.352 e. The van der Waals surface area contributed by atoms with Crippen molar-refractivity contribution < 1.29 is 18.0 Å². The maximum Gasteiger partial charge on any atom is 0.389 e. The largest absolute Gasteiger partial charge is 0.389 e. The van der Waals surface area contributed by atoms with Crippen molar-refractivity contribution in [3.8, 4) is 0 Å². The highest BCUT2D eigenvalue weighted by Gasteiger charge is 2.26. The number of amides is 1. The molecule has 0 aliphatic heterocycles. The van der Waals surface area contributed by atoms with Crippen LogP contribution in [-0.2, 0) is 0 Å². The predicted molar refractivity (Wildman–Crippen MR) is 69.5 cm³/mol. The molecule has 1 N–H and O–H groups in total. The monoisotopic (exact) mass is 387 g/mol. The highest BCUT2D eigenvalue weighted by Crippen LogP contribution is 2.22. The van der Waals surface area contributed by atoms with Gasteiger partial charge in [-0.1, -0.05) is 15.9 Å². The molecule has 0 radical (unpaired) electrons. The highest BCUT2D eigenvalue weighted by molar-refractivity contribution is 9.11. The summed E-state index contributed by atoms with van der Waals surface area (Å²) in [6.45, 7) is 0.000841. The van der Waals surface area contributed by atoms with E-state index in [1.54, 1.807) is 18.2 Å². The number of benzene rings is 1. The zero-order valence-corrected chi connectivity index (χ0v) is 12.3. The Kier molecular flexibility index (Phi) is 5.65. The Bertz CT molecular complexity index is 435. The van der Waals surface area contributed by atoms with Gasteiger partial charge in [-0.3, -0.25) is 4.79 Å². The van der Waals surface area contributed by atoms with Crippen molar-refractivity contribution in [1.29, 1.82) is 0 Å². The first-order valence-electron chi connectivity index (χ1n) is 5.09. The molecular formula is C11H10Br2F3NO.